The number of aromatic nitrogens is 2. The third-order valence-electron chi connectivity index (χ3n) is 8.11. The number of rotatable bonds is 6. The van der Waals surface area contributed by atoms with Crippen molar-refractivity contribution in [3.8, 4) is 0 Å². The Morgan fingerprint density at radius 1 is 0.615 bits per heavy atom. The van der Waals surface area contributed by atoms with Crippen LogP contribution in [0.3, 0.4) is 0 Å². The predicted molar refractivity (Wildman–Crippen MR) is 158 cm³/mol. The number of nitrogens with zero attached hydrogens (tertiary/aromatic N) is 4. The lowest BCUT2D eigenvalue weighted by molar-refractivity contribution is 0.0896. The summed E-state index contributed by atoms with van der Waals surface area (Å²) in [6.45, 7) is 5.37. The largest absolute Gasteiger partial charge is 0.395 e. The van der Waals surface area contributed by atoms with Crippen molar-refractivity contribution in [2.45, 2.75) is 71.6 Å². The van der Waals surface area contributed by atoms with Crippen LogP contribution in [0.2, 0.25) is 0 Å². The molecule has 0 amide bonds. The molecule has 2 aliphatic rings. The van der Waals surface area contributed by atoms with Crippen molar-refractivity contribution in [3.05, 3.63) is 82.2 Å². The van der Waals surface area contributed by atoms with E-state index in [1.807, 2.05) is 12.1 Å². The summed E-state index contributed by atoms with van der Waals surface area (Å²) in [6, 6.07) is 16.7. The minimum Gasteiger partial charge on any atom is -0.395 e. The van der Waals surface area contributed by atoms with Crippen LogP contribution in [-0.4, -0.2) is 34.6 Å². The molecule has 200 valence electrons. The van der Waals surface area contributed by atoms with E-state index in [-0.39, 0.29) is 0 Å². The Kier molecular flexibility index (Phi) is 7.53. The maximum atomic E-state index is 5.78. The molecule has 2 aliphatic carbocycles. The van der Waals surface area contributed by atoms with Crippen LogP contribution in [0.25, 0.3) is 21.8 Å². The van der Waals surface area contributed by atoms with Crippen molar-refractivity contribution in [2.24, 2.45) is 10.3 Å². The summed E-state index contributed by atoms with van der Waals surface area (Å²) in [6.07, 6.45) is 9.06. The highest BCUT2D eigenvalue weighted by atomic mass is 16.6. The Hall–Kier alpha value is -3.80. The molecular formula is C33H36N4O2. The second-order valence-electron chi connectivity index (χ2n) is 10.7. The van der Waals surface area contributed by atoms with Gasteiger partial charge in [-0.1, -0.05) is 46.7 Å². The van der Waals surface area contributed by atoms with E-state index in [1.165, 1.54) is 33.0 Å². The van der Waals surface area contributed by atoms with Gasteiger partial charge in [0.05, 0.1) is 22.4 Å². The van der Waals surface area contributed by atoms with Crippen LogP contribution in [-0.2, 0) is 22.5 Å². The molecule has 0 aliphatic heterocycles. The molecule has 39 heavy (non-hydrogen) atoms. The molecule has 6 nitrogen and oxygen atoms in total. The lowest BCUT2D eigenvalue weighted by Crippen LogP contribution is -2.10. The first kappa shape index (κ1) is 25.5. The highest BCUT2D eigenvalue weighted by Crippen LogP contribution is 2.30. The molecule has 0 bridgehead atoms. The summed E-state index contributed by atoms with van der Waals surface area (Å²) in [5.74, 6) is 0. The van der Waals surface area contributed by atoms with Gasteiger partial charge in [-0.25, -0.2) is 9.97 Å². The van der Waals surface area contributed by atoms with Gasteiger partial charge in [-0.3, -0.25) is 0 Å². The molecule has 2 aromatic carbocycles. The average Bonchev–Trinajstić information content (AvgIpc) is 3.29. The monoisotopic (exact) mass is 520 g/mol. The topological polar surface area (TPSA) is 69.0 Å². The van der Waals surface area contributed by atoms with Crippen LogP contribution in [0.1, 0.15) is 78.6 Å². The van der Waals surface area contributed by atoms with Gasteiger partial charge < -0.3 is 9.68 Å². The summed E-state index contributed by atoms with van der Waals surface area (Å²) in [5.41, 5.74) is 11.2. The maximum Gasteiger partial charge on any atom is 0.120 e. The van der Waals surface area contributed by atoms with Crippen LogP contribution >= 0.6 is 0 Å². The molecule has 0 N–H and O–H groups in total. The normalized spacial score (nSPS) is 17.6. The van der Waals surface area contributed by atoms with E-state index in [1.54, 1.807) is 0 Å². The van der Waals surface area contributed by atoms with E-state index in [2.05, 4.69) is 60.6 Å². The zero-order chi connectivity index (χ0) is 26.6. The molecule has 0 unspecified atom stereocenters. The zero-order valence-corrected chi connectivity index (χ0v) is 23.0. The second-order valence-corrected chi connectivity index (χ2v) is 10.7. The van der Waals surface area contributed by atoms with E-state index in [4.69, 9.17) is 19.6 Å². The average molecular weight is 521 g/mol. The lowest BCUT2D eigenvalue weighted by atomic mass is 9.98. The Bertz CT molecular complexity index is 1460. The van der Waals surface area contributed by atoms with Gasteiger partial charge in [0.25, 0.3) is 0 Å². The molecule has 2 heterocycles. The smallest absolute Gasteiger partial charge is 0.120 e. The van der Waals surface area contributed by atoms with Gasteiger partial charge in [0.1, 0.15) is 24.6 Å². The molecule has 0 fully saturated rings. The van der Waals surface area contributed by atoms with E-state index < -0.39 is 0 Å². The fourth-order valence-corrected chi connectivity index (χ4v) is 5.96. The molecule has 0 spiro atoms. The van der Waals surface area contributed by atoms with Crippen molar-refractivity contribution in [1.29, 1.82) is 0 Å². The third kappa shape index (κ3) is 5.25. The molecule has 0 saturated carbocycles. The maximum absolute atomic E-state index is 5.78. The molecule has 6 rings (SSSR count). The first-order valence-corrected chi connectivity index (χ1v) is 14.4. The highest BCUT2D eigenvalue weighted by molar-refractivity contribution is 6.03. The van der Waals surface area contributed by atoms with E-state index in [9.17, 15) is 0 Å². The third-order valence-corrected chi connectivity index (χ3v) is 8.11. The van der Waals surface area contributed by atoms with Crippen molar-refractivity contribution < 1.29 is 9.68 Å². The number of hydrogen-bond acceptors (Lipinski definition) is 6. The van der Waals surface area contributed by atoms with Gasteiger partial charge in [0.2, 0.25) is 0 Å². The Balaban J connectivity index is 1.10. The number of benzene rings is 2. The minimum absolute atomic E-state index is 0.481. The Labute approximate surface area is 230 Å². The van der Waals surface area contributed by atoms with Crippen LogP contribution in [0.15, 0.2) is 58.8 Å². The Morgan fingerprint density at radius 3 is 1.54 bits per heavy atom. The number of pyridine rings is 2. The van der Waals surface area contributed by atoms with Crippen molar-refractivity contribution in [3.63, 3.8) is 0 Å². The number of hydrogen-bond donors (Lipinski definition) is 0. The molecule has 4 aromatic rings. The van der Waals surface area contributed by atoms with Gasteiger partial charge in [-0.05, 0) is 99.6 Å². The summed E-state index contributed by atoms with van der Waals surface area (Å²) in [7, 11) is 0. The summed E-state index contributed by atoms with van der Waals surface area (Å²) < 4.78 is 0. The summed E-state index contributed by atoms with van der Waals surface area (Å²) in [4.78, 5) is 21.5. The van der Waals surface area contributed by atoms with Crippen molar-refractivity contribution >= 4 is 33.2 Å². The predicted octanol–water partition coefficient (Wildman–Crippen LogP) is 7.38. The number of aryl methyl sites for hydroxylation is 2. The SMILES string of the molecule is Cc1c2c(nc3ccccc13)/C(=N/OCCCO/N=C1\CCCCc3c1nc1ccccc1c3C)CCCC2. The van der Waals surface area contributed by atoms with Gasteiger partial charge in [0, 0.05) is 17.2 Å². The molecule has 0 atom stereocenters. The van der Waals surface area contributed by atoms with Gasteiger partial charge >= 0.3 is 0 Å². The standard InChI is InChI=1S/C33H36N4O2/c1-22-24-12-3-7-16-28(24)34-32-26(22)14-5-9-18-30(32)36-38-20-11-21-39-37-31-19-10-6-15-27-23(2)25-13-4-8-17-29(25)35-33(27)31/h3-4,7-8,12-13,16-17H,5-6,9-11,14-15,18-21H2,1-2H3/b36-30+,37-31+. The number of fused-ring (bicyclic) bond motifs is 4. The summed E-state index contributed by atoms with van der Waals surface area (Å²) in [5, 5.41) is 11.6. The van der Waals surface area contributed by atoms with E-state index in [0.717, 1.165) is 85.2 Å². The molecule has 6 heteroatoms. The number of para-hydroxylation sites is 2. The van der Waals surface area contributed by atoms with Crippen LogP contribution in [0.5, 0.6) is 0 Å². The summed E-state index contributed by atoms with van der Waals surface area (Å²) >= 11 is 0. The quantitative estimate of drug-likeness (QED) is 0.151. The fourth-order valence-electron chi connectivity index (χ4n) is 5.96. The molecular weight excluding hydrogens is 484 g/mol. The minimum atomic E-state index is 0.481. The first-order chi connectivity index (χ1) is 19.2. The van der Waals surface area contributed by atoms with Crippen LogP contribution < -0.4 is 0 Å². The highest BCUT2D eigenvalue weighted by Gasteiger charge is 2.21. The van der Waals surface area contributed by atoms with E-state index in [0.29, 0.717) is 19.6 Å². The van der Waals surface area contributed by atoms with E-state index >= 15 is 0 Å². The Morgan fingerprint density at radius 2 is 1.05 bits per heavy atom. The first-order valence-electron chi connectivity index (χ1n) is 14.4. The van der Waals surface area contributed by atoms with Gasteiger partial charge in [0.15, 0.2) is 0 Å². The van der Waals surface area contributed by atoms with Crippen LogP contribution in [0.4, 0.5) is 0 Å². The molecule has 0 saturated heterocycles. The van der Waals surface area contributed by atoms with Crippen molar-refractivity contribution in [1.82, 2.24) is 9.97 Å². The van der Waals surface area contributed by atoms with Gasteiger partial charge in [-0.15, -0.1) is 0 Å². The molecule has 2 aromatic heterocycles. The van der Waals surface area contributed by atoms with Crippen molar-refractivity contribution in [2.75, 3.05) is 13.2 Å². The molecule has 0 radical (unpaired) electrons. The number of oxime groups is 2. The zero-order valence-electron chi connectivity index (χ0n) is 23.0. The lowest BCUT2D eigenvalue weighted by Gasteiger charge is -2.13. The second kappa shape index (κ2) is 11.5. The van der Waals surface area contributed by atoms with Crippen LogP contribution in [0, 0.1) is 13.8 Å². The van der Waals surface area contributed by atoms with Gasteiger partial charge in [-0.2, -0.15) is 0 Å². The fraction of sp³-hybridized carbons (Fsp3) is 0.394.